The first-order chi connectivity index (χ1) is 8.28. The molecule has 102 valence electrons. The van der Waals surface area contributed by atoms with E-state index in [-0.39, 0.29) is 4.90 Å². The van der Waals surface area contributed by atoms with Crippen molar-refractivity contribution in [1.82, 2.24) is 14.1 Å². The Morgan fingerprint density at radius 1 is 1.56 bits per heavy atom. The van der Waals surface area contributed by atoms with Crippen molar-refractivity contribution in [1.29, 1.82) is 0 Å². The number of aryl methyl sites for hydroxylation is 1. The number of nitrogens with zero attached hydrogens (tertiary/aromatic N) is 3. The molecule has 1 aromatic heterocycles. The number of hydrogen-bond donors (Lipinski definition) is 1. The van der Waals surface area contributed by atoms with Crippen LogP contribution in [0.15, 0.2) is 17.3 Å². The van der Waals surface area contributed by atoms with Crippen molar-refractivity contribution >= 4 is 16.0 Å². The second-order valence-corrected chi connectivity index (χ2v) is 5.96. The zero-order valence-corrected chi connectivity index (χ0v) is 11.4. The number of aromatic nitrogens is 2. The third-order valence-electron chi connectivity index (χ3n) is 2.41. The van der Waals surface area contributed by atoms with E-state index in [1.807, 2.05) is 6.92 Å². The lowest BCUT2D eigenvalue weighted by molar-refractivity contribution is -0.137. The van der Waals surface area contributed by atoms with Gasteiger partial charge >= 0.3 is 5.97 Å². The molecule has 0 bridgehead atoms. The van der Waals surface area contributed by atoms with Gasteiger partial charge in [0.15, 0.2) is 0 Å². The maximum absolute atomic E-state index is 12.2. The molecule has 0 saturated heterocycles. The molecule has 0 aliphatic rings. The Morgan fingerprint density at radius 3 is 2.56 bits per heavy atom. The molecule has 0 aromatic carbocycles. The molecule has 0 unspecified atom stereocenters. The van der Waals surface area contributed by atoms with Crippen LogP contribution in [0, 0.1) is 0 Å². The lowest BCUT2D eigenvalue weighted by Crippen LogP contribution is -2.40. The fraction of sp³-hybridized carbons (Fsp3) is 0.600. The Labute approximate surface area is 106 Å². The summed E-state index contributed by atoms with van der Waals surface area (Å²) in [6.45, 7) is 5.09. The second kappa shape index (κ2) is 5.49. The smallest absolute Gasteiger partial charge is 0.318 e. The summed E-state index contributed by atoms with van der Waals surface area (Å²) in [6, 6.07) is -0.434. The molecule has 1 N–H and O–H groups in total. The van der Waals surface area contributed by atoms with Crippen LogP contribution in [0.25, 0.3) is 0 Å². The van der Waals surface area contributed by atoms with Gasteiger partial charge in [-0.25, -0.2) is 8.42 Å². The van der Waals surface area contributed by atoms with Crippen molar-refractivity contribution in [2.24, 2.45) is 0 Å². The van der Waals surface area contributed by atoms with Crippen molar-refractivity contribution in [2.75, 3.05) is 6.54 Å². The third-order valence-corrected chi connectivity index (χ3v) is 4.38. The van der Waals surface area contributed by atoms with Crippen LogP contribution in [0.3, 0.4) is 0 Å². The minimum absolute atomic E-state index is 0.0132. The number of hydrogen-bond acceptors (Lipinski definition) is 4. The van der Waals surface area contributed by atoms with Crippen LogP contribution in [0.1, 0.15) is 20.8 Å². The van der Waals surface area contributed by atoms with Crippen LogP contribution < -0.4 is 0 Å². The van der Waals surface area contributed by atoms with Gasteiger partial charge in [0.25, 0.3) is 0 Å². The Bertz CT molecular complexity index is 521. The van der Waals surface area contributed by atoms with Gasteiger partial charge in [0.1, 0.15) is 11.4 Å². The van der Waals surface area contributed by atoms with Crippen LogP contribution in [0.4, 0.5) is 0 Å². The SMILES string of the molecule is CCn1cc(S(=O)(=O)N(CC(=O)O)C(C)C)cn1. The molecule has 18 heavy (non-hydrogen) atoms. The predicted octanol–water partition coefficient (Wildman–Crippen LogP) is 0.387. The van der Waals surface area contributed by atoms with Gasteiger partial charge in [0.2, 0.25) is 10.0 Å². The molecule has 0 fully saturated rings. The maximum atomic E-state index is 12.2. The van der Waals surface area contributed by atoms with Gasteiger partial charge in [-0.3, -0.25) is 9.48 Å². The fourth-order valence-electron chi connectivity index (χ4n) is 1.46. The molecule has 0 aliphatic heterocycles. The average molecular weight is 275 g/mol. The average Bonchev–Trinajstić information content (AvgIpc) is 2.74. The minimum atomic E-state index is -3.82. The van der Waals surface area contributed by atoms with E-state index in [0.29, 0.717) is 6.54 Å². The number of carboxylic acid groups (broad SMARTS) is 1. The van der Waals surface area contributed by atoms with Crippen molar-refractivity contribution < 1.29 is 18.3 Å². The Kier molecular flexibility index (Phi) is 4.47. The molecule has 8 heteroatoms. The summed E-state index contributed by atoms with van der Waals surface area (Å²) in [4.78, 5) is 10.7. The molecule has 0 atom stereocenters. The molecule has 1 aromatic rings. The summed E-state index contributed by atoms with van der Waals surface area (Å²) in [6.07, 6.45) is 2.63. The van der Waals surface area contributed by atoms with Crippen LogP contribution in [-0.2, 0) is 21.4 Å². The number of carbonyl (C=O) groups is 1. The largest absolute Gasteiger partial charge is 0.480 e. The molecule has 0 saturated carbocycles. The zero-order chi connectivity index (χ0) is 13.9. The van der Waals surface area contributed by atoms with E-state index >= 15 is 0 Å². The normalized spacial score (nSPS) is 12.3. The van der Waals surface area contributed by atoms with Crippen LogP contribution in [0.2, 0.25) is 0 Å². The van der Waals surface area contributed by atoms with Crippen molar-refractivity contribution in [3.05, 3.63) is 12.4 Å². The number of rotatable bonds is 6. The molecule has 1 rings (SSSR count). The highest BCUT2D eigenvalue weighted by Gasteiger charge is 2.30. The van der Waals surface area contributed by atoms with E-state index in [9.17, 15) is 13.2 Å². The monoisotopic (exact) mass is 275 g/mol. The predicted molar refractivity (Wildman–Crippen MR) is 64.6 cm³/mol. The highest BCUT2D eigenvalue weighted by atomic mass is 32.2. The van der Waals surface area contributed by atoms with Gasteiger partial charge in [-0.1, -0.05) is 0 Å². The molecular weight excluding hydrogens is 258 g/mol. The Morgan fingerprint density at radius 2 is 2.17 bits per heavy atom. The number of sulfonamides is 1. The van der Waals surface area contributed by atoms with Crippen molar-refractivity contribution in [3.63, 3.8) is 0 Å². The molecule has 7 nitrogen and oxygen atoms in total. The number of aliphatic carboxylic acids is 1. The lowest BCUT2D eigenvalue weighted by Gasteiger charge is -2.23. The standard InChI is InChI=1S/C10H17N3O4S/c1-4-12-6-9(5-11-12)18(16,17)13(8(2)3)7-10(14)15/h5-6,8H,4,7H2,1-3H3,(H,14,15). The van der Waals surface area contributed by atoms with Gasteiger partial charge < -0.3 is 5.11 Å². The second-order valence-electron chi connectivity index (χ2n) is 4.07. The van der Waals surface area contributed by atoms with Gasteiger partial charge in [-0.05, 0) is 20.8 Å². The highest BCUT2D eigenvalue weighted by molar-refractivity contribution is 7.89. The maximum Gasteiger partial charge on any atom is 0.318 e. The van der Waals surface area contributed by atoms with Crippen LogP contribution in [0.5, 0.6) is 0 Å². The molecule has 0 radical (unpaired) electrons. The van der Waals surface area contributed by atoms with E-state index < -0.39 is 28.6 Å². The van der Waals surface area contributed by atoms with Crippen molar-refractivity contribution in [3.8, 4) is 0 Å². The molecule has 0 aliphatic carbocycles. The summed E-state index contributed by atoms with van der Waals surface area (Å²) < 4.78 is 26.9. The summed E-state index contributed by atoms with van der Waals surface area (Å²) in [5.41, 5.74) is 0. The lowest BCUT2D eigenvalue weighted by atomic mass is 10.4. The molecule has 0 amide bonds. The molecular formula is C10H17N3O4S. The first kappa shape index (κ1) is 14.7. The first-order valence-corrected chi connectivity index (χ1v) is 6.99. The summed E-state index contributed by atoms with van der Waals surface area (Å²) in [5.74, 6) is -1.19. The summed E-state index contributed by atoms with van der Waals surface area (Å²) >= 11 is 0. The van der Waals surface area contributed by atoms with Gasteiger partial charge in [0, 0.05) is 18.8 Å². The van der Waals surface area contributed by atoms with Crippen LogP contribution in [-0.4, -0.2) is 46.2 Å². The van der Waals surface area contributed by atoms with E-state index in [1.54, 1.807) is 13.8 Å². The van der Waals surface area contributed by atoms with E-state index in [0.717, 1.165) is 4.31 Å². The molecule has 0 spiro atoms. The van der Waals surface area contributed by atoms with Gasteiger partial charge in [-0.2, -0.15) is 9.40 Å². The quantitative estimate of drug-likeness (QED) is 0.810. The van der Waals surface area contributed by atoms with Gasteiger partial charge in [-0.15, -0.1) is 0 Å². The van der Waals surface area contributed by atoms with Gasteiger partial charge in [0.05, 0.1) is 6.20 Å². The minimum Gasteiger partial charge on any atom is -0.480 e. The van der Waals surface area contributed by atoms with E-state index in [4.69, 9.17) is 5.11 Å². The van der Waals surface area contributed by atoms with Crippen LogP contribution >= 0.6 is 0 Å². The van der Waals surface area contributed by atoms with E-state index in [1.165, 1.54) is 17.1 Å². The zero-order valence-electron chi connectivity index (χ0n) is 10.6. The van der Waals surface area contributed by atoms with E-state index in [2.05, 4.69) is 5.10 Å². The Hall–Kier alpha value is -1.41. The Balaban J connectivity index is 3.12. The third kappa shape index (κ3) is 3.08. The first-order valence-electron chi connectivity index (χ1n) is 5.55. The topological polar surface area (TPSA) is 92.5 Å². The highest BCUT2D eigenvalue weighted by Crippen LogP contribution is 2.17. The van der Waals surface area contributed by atoms with Crippen molar-refractivity contribution in [2.45, 2.75) is 38.3 Å². The number of carboxylic acids is 1. The fourth-order valence-corrected chi connectivity index (χ4v) is 3.01. The molecule has 1 heterocycles. The summed E-state index contributed by atoms with van der Waals surface area (Å²) in [7, 11) is -3.82. The summed E-state index contributed by atoms with van der Waals surface area (Å²) in [5, 5.41) is 12.7.